The third-order valence-electron chi connectivity index (χ3n) is 3.70. The van der Waals surface area contributed by atoms with Gasteiger partial charge in [0.1, 0.15) is 11.6 Å². The van der Waals surface area contributed by atoms with Gasteiger partial charge in [-0.1, -0.05) is 29.8 Å². The number of hydrogen-bond acceptors (Lipinski definition) is 2. The Kier molecular flexibility index (Phi) is 4.13. The van der Waals surface area contributed by atoms with Crippen molar-refractivity contribution in [3.8, 4) is 16.9 Å². The minimum absolute atomic E-state index is 0.187. The monoisotopic (exact) mass is 305 g/mol. The van der Waals surface area contributed by atoms with Crippen LogP contribution in [0.3, 0.4) is 0 Å². The van der Waals surface area contributed by atoms with Crippen molar-refractivity contribution < 1.29 is 9.13 Å². The molecule has 3 rings (SSSR count). The molecule has 0 bridgehead atoms. The Morgan fingerprint density at radius 3 is 2.52 bits per heavy atom. The molecule has 1 saturated carbocycles. The van der Waals surface area contributed by atoms with E-state index in [9.17, 15) is 4.39 Å². The molecule has 1 N–H and O–H groups in total. The maximum atomic E-state index is 14.2. The van der Waals surface area contributed by atoms with Gasteiger partial charge in [0.2, 0.25) is 0 Å². The molecule has 1 fully saturated rings. The van der Waals surface area contributed by atoms with Gasteiger partial charge in [-0.15, -0.1) is 0 Å². The molecular weight excluding hydrogens is 289 g/mol. The molecule has 0 amide bonds. The van der Waals surface area contributed by atoms with Crippen molar-refractivity contribution in [3.05, 3.63) is 52.8 Å². The van der Waals surface area contributed by atoms with Gasteiger partial charge in [-0.2, -0.15) is 0 Å². The van der Waals surface area contributed by atoms with Crippen molar-refractivity contribution in [1.82, 2.24) is 5.32 Å². The average molecular weight is 306 g/mol. The molecule has 2 aromatic rings. The Bertz CT molecular complexity index is 655. The molecule has 2 nitrogen and oxygen atoms in total. The van der Waals surface area contributed by atoms with E-state index in [1.165, 1.54) is 12.8 Å². The molecule has 0 unspecified atom stereocenters. The first-order valence-corrected chi connectivity index (χ1v) is 7.41. The Morgan fingerprint density at radius 1 is 1.19 bits per heavy atom. The van der Waals surface area contributed by atoms with Gasteiger partial charge in [-0.3, -0.25) is 0 Å². The molecule has 1 aliphatic carbocycles. The van der Waals surface area contributed by atoms with Gasteiger partial charge in [-0.25, -0.2) is 4.39 Å². The fourth-order valence-corrected chi connectivity index (χ4v) is 2.52. The number of methoxy groups -OCH3 is 1. The molecule has 110 valence electrons. The normalized spacial score (nSPS) is 14.2. The predicted molar refractivity (Wildman–Crippen MR) is 83.3 cm³/mol. The number of halogens is 2. The van der Waals surface area contributed by atoms with E-state index in [-0.39, 0.29) is 5.82 Å². The van der Waals surface area contributed by atoms with Crippen LogP contribution in [0, 0.1) is 5.82 Å². The lowest BCUT2D eigenvalue weighted by Gasteiger charge is -2.09. The van der Waals surface area contributed by atoms with Gasteiger partial charge < -0.3 is 10.1 Å². The summed E-state index contributed by atoms with van der Waals surface area (Å²) in [6.07, 6.45) is 2.40. The van der Waals surface area contributed by atoms with Crippen LogP contribution in [-0.2, 0) is 6.54 Å². The fourth-order valence-electron chi connectivity index (χ4n) is 2.26. The highest BCUT2D eigenvalue weighted by atomic mass is 35.5. The lowest BCUT2D eigenvalue weighted by atomic mass is 10.0. The number of nitrogens with one attached hydrogen (secondary N) is 1. The van der Waals surface area contributed by atoms with Crippen LogP contribution >= 0.6 is 11.6 Å². The van der Waals surface area contributed by atoms with Gasteiger partial charge in [-0.05, 0) is 42.2 Å². The molecule has 21 heavy (non-hydrogen) atoms. The highest BCUT2D eigenvalue weighted by Crippen LogP contribution is 2.31. The molecule has 0 aliphatic heterocycles. The number of ether oxygens (including phenoxy) is 1. The van der Waals surface area contributed by atoms with E-state index >= 15 is 0 Å². The van der Waals surface area contributed by atoms with Gasteiger partial charge in [0.25, 0.3) is 0 Å². The molecule has 0 saturated heterocycles. The number of benzene rings is 2. The van der Waals surface area contributed by atoms with Crippen molar-refractivity contribution in [3.63, 3.8) is 0 Å². The Labute approximate surface area is 128 Å². The Hall–Kier alpha value is -1.58. The maximum absolute atomic E-state index is 14.2. The molecule has 2 aromatic carbocycles. The van der Waals surface area contributed by atoms with Crippen LogP contribution in [0.15, 0.2) is 36.4 Å². The standard InChI is InChI=1S/C17H17ClFNO/c1-21-17-7-4-11(8-15(17)18)12-2-3-13(16(19)9-12)10-20-14-5-6-14/h2-4,7-9,14,20H,5-6,10H2,1H3. The molecule has 0 heterocycles. The SMILES string of the molecule is COc1ccc(-c2ccc(CNC3CC3)c(F)c2)cc1Cl. The number of rotatable bonds is 5. The first-order chi connectivity index (χ1) is 10.2. The molecule has 1 aliphatic rings. The third kappa shape index (κ3) is 3.36. The number of hydrogen-bond donors (Lipinski definition) is 1. The van der Waals surface area contributed by atoms with E-state index < -0.39 is 0 Å². The van der Waals surface area contributed by atoms with Crippen LogP contribution in [0.1, 0.15) is 18.4 Å². The van der Waals surface area contributed by atoms with Crippen molar-refractivity contribution in [2.24, 2.45) is 0 Å². The van der Waals surface area contributed by atoms with Crippen molar-refractivity contribution in [2.75, 3.05) is 7.11 Å². The summed E-state index contributed by atoms with van der Waals surface area (Å²) in [4.78, 5) is 0. The van der Waals surface area contributed by atoms with E-state index in [1.54, 1.807) is 25.3 Å². The highest BCUT2D eigenvalue weighted by molar-refractivity contribution is 6.32. The summed E-state index contributed by atoms with van der Waals surface area (Å²) in [6.45, 7) is 0.583. The van der Waals surface area contributed by atoms with E-state index in [0.717, 1.165) is 11.1 Å². The van der Waals surface area contributed by atoms with Crippen molar-refractivity contribution >= 4 is 11.6 Å². The zero-order valence-corrected chi connectivity index (χ0v) is 12.6. The molecule has 4 heteroatoms. The summed E-state index contributed by atoms with van der Waals surface area (Å²) in [7, 11) is 1.57. The second kappa shape index (κ2) is 6.04. The zero-order chi connectivity index (χ0) is 14.8. The summed E-state index contributed by atoms with van der Waals surface area (Å²) in [5.41, 5.74) is 2.39. The molecular formula is C17H17ClFNO. The lowest BCUT2D eigenvalue weighted by molar-refractivity contribution is 0.415. The Morgan fingerprint density at radius 2 is 1.90 bits per heavy atom. The van der Waals surface area contributed by atoms with Crippen molar-refractivity contribution in [2.45, 2.75) is 25.4 Å². The first kappa shape index (κ1) is 14.4. The van der Waals surface area contributed by atoms with Crippen LogP contribution in [0.5, 0.6) is 5.75 Å². The largest absolute Gasteiger partial charge is 0.495 e. The lowest BCUT2D eigenvalue weighted by Crippen LogP contribution is -2.16. The van der Waals surface area contributed by atoms with Gasteiger partial charge in [0.15, 0.2) is 0 Å². The quantitative estimate of drug-likeness (QED) is 0.883. The summed E-state index contributed by atoms with van der Waals surface area (Å²) in [5.74, 6) is 0.429. The summed E-state index contributed by atoms with van der Waals surface area (Å²) in [5, 5.41) is 3.84. The summed E-state index contributed by atoms with van der Waals surface area (Å²) >= 11 is 6.11. The van der Waals surface area contributed by atoms with Crippen LogP contribution in [0.25, 0.3) is 11.1 Å². The van der Waals surface area contributed by atoms with Crippen LogP contribution in [-0.4, -0.2) is 13.2 Å². The Balaban J connectivity index is 1.81. The van der Waals surface area contributed by atoms with Crippen LogP contribution in [0.2, 0.25) is 5.02 Å². The topological polar surface area (TPSA) is 21.3 Å². The fraction of sp³-hybridized carbons (Fsp3) is 0.294. The smallest absolute Gasteiger partial charge is 0.137 e. The minimum Gasteiger partial charge on any atom is -0.495 e. The van der Waals surface area contributed by atoms with Crippen LogP contribution < -0.4 is 10.1 Å². The van der Waals surface area contributed by atoms with Gasteiger partial charge in [0, 0.05) is 18.2 Å². The van der Waals surface area contributed by atoms with E-state index in [0.29, 0.717) is 28.9 Å². The predicted octanol–water partition coefficient (Wildman–Crippen LogP) is 4.41. The average Bonchev–Trinajstić information content (AvgIpc) is 3.30. The van der Waals surface area contributed by atoms with Gasteiger partial charge >= 0.3 is 0 Å². The molecule has 0 spiro atoms. The second-order valence-corrected chi connectivity index (χ2v) is 5.72. The van der Waals surface area contributed by atoms with Gasteiger partial charge in [0.05, 0.1) is 12.1 Å². The maximum Gasteiger partial charge on any atom is 0.137 e. The minimum atomic E-state index is -0.187. The summed E-state index contributed by atoms with van der Waals surface area (Å²) < 4.78 is 19.3. The highest BCUT2D eigenvalue weighted by Gasteiger charge is 2.20. The third-order valence-corrected chi connectivity index (χ3v) is 3.99. The van der Waals surface area contributed by atoms with Crippen molar-refractivity contribution in [1.29, 1.82) is 0 Å². The van der Waals surface area contributed by atoms with E-state index in [2.05, 4.69) is 5.32 Å². The van der Waals surface area contributed by atoms with Crippen LogP contribution in [0.4, 0.5) is 4.39 Å². The zero-order valence-electron chi connectivity index (χ0n) is 11.8. The van der Waals surface area contributed by atoms with E-state index in [4.69, 9.17) is 16.3 Å². The second-order valence-electron chi connectivity index (χ2n) is 5.31. The molecule has 0 atom stereocenters. The molecule has 0 radical (unpaired) electrons. The summed E-state index contributed by atoms with van der Waals surface area (Å²) in [6, 6.07) is 11.3. The molecule has 0 aromatic heterocycles. The first-order valence-electron chi connectivity index (χ1n) is 7.03. The van der Waals surface area contributed by atoms with E-state index in [1.807, 2.05) is 18.2 Å².